The summed E-state index contributed by atoms with van der Waals surface area (Å²) < 4.78 is 34.2. The molecule has 0 heterocycles. The molecule has 1 N–H and O–H groups in total. The molecule has 3 aromatic rings. The Balaban J connectivity index is 1.72. The smallest absolute Gasteiger partial charge is 0.264 e. The molecular formula is C32H38ClN3O5S. The molecule has 0 bridgehead atoms. The molecule has 4 rings (SSSR count). The van der Waals surface area contributed by atoms with Crippen LogP contribution in [0.4, 0.5) is 5.69 Å². The van der Waals surface area contributed by atoms with Crippen molar-refractivity contribution >= 4 is 39.1 Å². The van der Waals surface area contributed by atoms with Crippen LogP contribution in [0.5, 0.6) is 5.75 Å². The minimum atomic E-state index is -4.16. The quantitative estimate of drug-likeness (QED) is 0.283. The van der Waals surface area contributed by atoms with Gasteiger partial charge < -0.3 is 15.0 Å². The predicted octanol–water partition coefficient (Wildman–Crippen LogP) is 5.72. The molecule has 8 nitrogen and oxygen atoms in total. The zero-order chi connectivity index (χ0) is 30.3. The monoisotopic (exact) mass is 611 g/mol. The van der Waals surface area contributed by atoms with E-state index < -0.39 is 28.5 Å². The van der Waals surface area contributed by atoms with E-state index in [4.69, 9.17) is 16.3 Å². The second-order valence-corrected chi connectivity index (χ2v) is 12.8. The molecule has 1 saturated carbocycles. The first-order valence-corrected chi connectivity index (χ1v) is 16.0. The van der Waals surface area contributed by atoms with Crippen molar-refractivity contribution in [2.24, 2.45) is 0 Å². The molecule has 42 heavy (non-hydrogen) atoms. The van der Waals surface area contributed by atoms with Gasteiger partial charge in [0.15, 0.2) is 0 Å². The van der Waals surface area contributed by atoms with Crippen LogP contribution in [0.1, 0.15) is 50.2 Å². The first kappa shape index (κ1) is 31.4. The Morgan fingerprint density at radius 1 is 1.02 bits per heavy atom. The highest BCUT2D eigenvalue weighted by molar-refractivity contribution is 7.92. The molecule has 1 aliphatic carbocycles. The van der Waals surface area contributed by atoms with E-state index in [1.165, 1.54) is 17.0 Å². The van der Waals surface area contributed by atoms with E-state index in [0.717, 1.165) is 41.1 Å². The summed E-state index contributed by atoms with van der Waals surface area (Å²) in [5.41, 5.74) is 1.82. The highest BCUT2D eigenvalue weighted by Gasteiger charge is 2.34. The number of anilines is 1. The molecule has 3 aromatic carbocycles. The molecule has 1 unspecified atom stereocenters. The van der Waals surface area contributed by atoms with Gasteiger partial charge in [0, 0.05) is 17.6 Å². The lowest BCUT2D eigenvalue weighted by Gasteiger charge is -2.34. The standard InChI is InChI=1S/C32H38ClN3O5S/c1-4-30(32(38)34-25-10-8-9-11-25)35(21-24-15-18-27(41-3)19-16-24)31(37)22-36(26-17-14-23(2)29(33)20-26)42(39,40)28-12-6-5-7-13-28/h5-7,12-20,25,30H,4,8-11,21-22H2,1-3H3,(H,34,38). The third-order valence-electron chi connectivity index (χ3n) is 7.65. The van der Waals surface area contributed by atoms with Crippen LogP contribution in [0.2, 0.25) is 5.02 Å². The van der Waals surface area contributed by atoms with Gasteiger partial charge in [-0.1, -0.05) is 67.8 Å². The van der Waals surface area contributed by atoms with E-state index in [1.54, 1.807) is 55.6 Å². The number of halogens is 1. The van der Waals surface area contributed by atoms with Gasteiger partial charge in [-0.3, -0.25) is 13.9 Å². The first-order valence-electron chi connectivity index (χ1n) is 14.2. The number of rotatable bonds is 12. The molecule has 0 aromatic heterocycles. The van der Waals surface area contributed by atoms with E-state index in [0.29, 0.717) is 17.2 Å². The minimum Gasteiger partial charge on any atom is -0.497 e. The SMILES string of the molecule is CCC(C(=O)NC1CCCC1)N(Cc1ccc(OC)cc1)C(=O)CN(c1ccc(C)c(Cl)c1)S(=O)(=O)c1ccccc1. The molecule has 0 spiro atoms. The van der Waals surface area contributed by atoms with E-state index >= 15 is 0 Å². The van der Waals surface area contributed by atoms with Gasteiger partial charge in [-0.25, -0.2) is 8.42 Å². The second-order valence-electron chi connectivity index (χ2n) is 10.5. The number of carbonyl (C=O) groups is 2. The van der Waals surface area contributed by atoms with Crippen LogP contribution in [0, 0.1) is 6.92 Å². The summed E-state index contributed by atoms with van der Waals surface area (Å²) in [5.74, 6) is -0.0726. The van der Waals surface area contributed by atoms with Crippen molar-refractivity contribution in [2.45, 2.75) is 69.5 Å². The number of hydrogen-bond donors (Lipinski definition) is 1. The van der Waals surface area contributed by atoms with Crippen LogP contribution in [0.15, 0.2) is 77.7 Å². The number of amides is 2. The van der Waals surface area contributed by atoms with Crippen LogP contribution in [0.3, 0.4) is 0 Å². The third-order valence-corrected chi connectivity index (χ3v) is 9.85. The van der Waals surface area contributed by atoms with Crippen LogP contribution >= 0.6 is 11.6 Å². The Hall–Kier alpha value is -3.56. The fraction of sp³-hybridized carbons (Fsp3) is 0.375. The summed E-state index contributed by atoms with van der Waals surface area (Å²) in [6.07, 6.45) is 4.29. The van der Waals surface area contributed by atoms with Crippen LogP contribution < -0.4 is 14.4 Å². The number of benzene rings is 3. The Morgan fingerprint density at radius 2 is 1.69 bits per heavy atom. The molecule has 0 saturated heterocycles. The largest absolute Gasteiger partial charge is 0.497 e. The summed E-state index contributed by atoms with van der Waals surface area (Å²) in [6, 6.07) is 19.4. The van der Waals surface area contributed by atoms with Gasteiger partial charge >= 0.3 is 0 Å². The third kappa shape index (κ3) is 7.44. The number of methoxy groups -OCH3 is 1. The fourth-order valence-electron chi connectivity index (χ4n) is 5.20. The van der Waals surface area contributed by atoms with E-state index in [9.17, 15) is 18.0 Å². The van der Waals surface area contributed by atoms with Crippen molar-refractivity contribution < 1.29 is 22.7 Å². The van der Waals surface area contributed by atoms with Crippen LogP contribution in [0.25, 0.3) is 0 Å². The molecule has 1 fully saturated rings. The number of sulfonamides is 1. The molecular weight excluding hydrogens is 574 g/mol. The topological polar surface area (TPSA) is 96.0 Å². The van der Waals surface area contributed by atoms with Crippen molar-refractivity contribution in [3.05, 3.63) is 88.9 Å². The van der Waals surface area contributed by atoms with Crippen LogP contribution in [-0.4, -0.2) is 50.9 Å². The maximum absolute atomic E-state index is 14.2. The second kappa shape index (κ2) is 14.1. The van der Waals surface area contributed by atoms with Gasteiger partial charge in [-0.05, 0) is 73.7 Å². The van der Waals surface area contributed by atoms with Crippen molar-refractivity contribution in [1.82, 2.24) is 10.2 Å². The lowest BCUT2D eigenvalue weighted by Crippen LogP contribution is -2.53. The number of hydrogen-bond acceptors (Lipinski definition) is 5. The van der Waals surface area contributed by atoms with Crippen molar-refractivity contribution in [3.8, 4) is 5.75 Å². The lowest BCUT2D eigenvalue weighted by atomic mass is 10.1. The van der Waals surface area contributed by atoms with Gasteiger partial charge in [0.2, 0.25) is 11.8 Å². The maximum Gasteiger partial charge on any atom is 0.264 e. The molecule has 1 atom stereocenters. The molecule has 2 amide bonds. The number of aryl methyl sites for hydroxylation is 1. The minimum absolute atomic E-state index is 0.0437. The summed E-state index contributed by atoms with van der Waals surface area (Å²) in [4.78, 5) is 29.3. The van der Waals surface area contributed by atoms with E-state index in [1.807, 2.05) is 26.0 Å². The molecule has 1 aliphatic rings. The summed E-state index contributed by atoms with van der Waals surface area (Å²) in [5, 5.41) is 3.50. The number of nitrogens with zero attached hydrogens (tertiary/aromatic N) is 2. The van der Waals surface area contributed by atoms with Gasteiger partial charge in [0.25, 0.3) is 10.0 Å². The van der Waals surface area contributed by atoms with Gasteiger partial charge in [0.05, 0.1) is 17.7 Å². The Labute approximate surface area is 253 Å². The van der Waals surface area contributed by atoms with Crippen molar-refractivity contribution in [1.29, 1.82) is 0 Å². The molecule has 10 heteroatoms. The van der Waals surface area contributed by atoms with Crippen molar-refractivity contribution in [2.75, 3.05) is 18.0 Å². The number of nitrogens with one attached hydrogen (secondary N) is 1. The Bertz CT molecular complexity index is 1480. The van der Waals surface area contributed by atoms with E-state index in [-0.39, 0.29) is 29.1 Å². The zero-order valence-electron chi connectivity index (χ0n) is 24.3. The van der Waals surface area contributed by atoms with Crippen LogP contribution in [-0.2, 0) is 26.2 Å². The number of ether oxygens (including phenoxy) is 1. The Morgan fingerprint density at radius 3 is 2.29 bits per heavy atom. The molecule has 224 valence electrons. The van der Waals surface area contributed by atoms with Gasteiger partial charge in [-0.2, -0.15) is 0 Å². The normalized spacial score (nSPS) is 14.3. The summed E-state index contributed by atoms with van der Waals surface area (Å²) in [7, 11) is -2.58. The van der Waals surface area contributed by atoms with E-state index in [2.05, 4.69) is 5.32 Å². The summed E-state index contributed by atoms with van der Waals surface area (Å²) in [6.45, 7) is 3.28. The lowest BCUT2D eigenvalue weighted by molar-refractivity contribution is -0.140. The highest BCUT2D eigenvalue weighted by Crippen LogP contribution is 2.29. The molecule has 0 radical (unpaired) electrons. The average molecular weight is 612 g/mol. The Kier molecular flexibility index (Phi) is 10.5. The number of carbonyl (C=O) groups excluding carboxylic acids is 2. The fourth-order valence-corrected chi connectivity index (χ4v) is 6.80. The zero-order valence-corrected chi connectivity index (χ0v) is 25.8. The van der Waals surface area contributed by atoms with Gasteiger partial charge in [-0.15, -0.1) is 0 Å². The predicted molar refractivity (Wildman–Crippen MR) is 165 cm³/mol. The average Bonchev–Trinajstić information content (AvgIpc) is 3.51. The van der Waals surface area contributed by atoms with Crippen molar-refractivity contribution in [3.63, 3.8) is 0 Å². The molecule has 0 aliphatic heterocycles. The van der Waals surface area contributed by atoms with Gasteiger partial charge in [0.1, 0.15) is 18.3 Å². The maximum atomic E-state index is 14.2. The first-order chi connectivity index (χ1) is 20.1. The highest BCUT2D eigenvalue weighted by atomic mass is 35.5. The summed E-state index contributed by atoms with van der Waals surface area (Å²) >= 11 is 6.40.